The van der Waals surface area contributed by atoms with Crippen LogP contribution in [0.4, 0.5) is 0 Å². The summed E-state index contributed by atoms with van der Waals surface area (Å²) in [4.78, 5) is 10.9. The van der Waals surface area contributed by atoms with Crippen LogP contribution in [0, 0.1) is 0 Å². The number of nitrogens with one attached hydrogen (secondary N) is 1. The van der Waals surface area contributed by atoms with E-state index in [0.29, 0.717) is 0 Å². The summed E-state index contributed by atoms with van der Waals surface area (Å²) in [5.74, 6) is 0.00736. The number of amides is 1. The van der Waals surface area contributed by atoms with Gasteiger partial charge in [-0.1, -0.05) is 6.08 Å². The van der Waals surface area contributed by atoms with Gasteiger partial charge in [0, 0.05) is 18.7 Å². The second-order valence-electron chi connectivity index (χ2n) is 2.51. The standard InChI is InChI=1S/C7H12N2O/c1-9-7(10)5-2-3-6(8)4-5/h2,6H,3-4,8H2,1H3,(H,9,10)/t6-/m1/s1. The molecule has 3 nitrogen and oxygen atoms in total. The van der Waals surface area contributed by atoms with E-state index in [9.17, 15) is 4.79 Å². The Bertz CT molecular complexity index is 174. The number of carbonyl (C=O) groups excluding carboxylic acids is 1. The molecule has 0 saturated heterocycles. The minimum Gasteiger partial charge on any atom is -0.355 e. The predicted octanol–water partition coefficient (Wildman–Crippen LogP) is -0.220. The summed E-state index contributed by atoms with van der Waals surface area (Å²) in [7, 11) is 1.63. The van der Waals surface area contributed by atoms with Gasteiger partial charge in [0.1, 0.15) is 0 Å². The third-order valence-electron chi connectivity index (χ3n) is 1.67. The molecule has 3 N–H and O–H groups in total. The Morgan fingerprint density at radius 2 is 2.60 bits per heavy atom. The molecule has 1 rings (SSSR count). The first kappa shape index (κ1) is 7.28. The molecule has 0 spiro atoms. The lowest BCUT2D eigenvalue weighted by molar-refractivity contribution is -0.117. The van der Waals surface area contributed by atoms with Gasteiger partial charge >= 0.3 is 0 Å². The van der Waals surface area contributed by atoms with E-state index in [1.54, 1.807) is 7.05 Å². The Kier molecular flexibility index (Phi) is 2.06. The maximum Gasteiger partial charge on any atom is 0.246 e. The molecule has 0 fully saturated rings. The zero-order valence-electron chi connectivity index (χ0n) is 6.05. The Morgan fingerprint density at radius 1 is 1.90 bits per heavy atom. The van der Waals surface area contributed by atoms with Crippen LogP contribution in [0.3, 0.4) is 0 Å². The molecular formula is C7H12N2O. The number of hydrogen-bond acceptors (Lipinski definition) is 2. The number of rotatable bonds is 1. The molecule has 1 atom stereocenters. The van der Waals surface area contributed by atoms with Crippen LogP contribution < -0.4 is 11.1 Å². The summed E-state index contributed by atoms with van der Waals surface area (Å²) in [5, 5.41) is 2.56. The zero-order chi connectivity index (χ0) is 7.56. The van der Waals surface area contributed by atoms with Crippen LogP contribution in [-0.2, 0) is 4.79 Å². The minimum absolute atomic E-state index is 0.00736. The van der Waals surface area contributed by atoms with Gasteiger partial charge in [-0.3, -0.25) is 4.79 Å². The van der Waals surface area contributed by atoms with Crippen molar-refractivity contribution in [2.24, 2.45) is 5.73 Å². The minimum atomic E-state index is 0.00736. The van der Waals surface area contributed by atoms with Gasteiger partial charge in [0.05, 0.1) is 0 Å². The van der Waals surface area contributed by atoms with E-state index in [0.717, 1.165) is 18.4 Å². The predicted molar refractivity (Wildman–Crippen MR) is 39.4 cm³/mol. The Labute approximate surface area is 60.3 Å². The van der Waals surface area contributed by atoms with Crippen LogP contribution in [0.5, 0.6) is 0 Å². The van der Waals surface area contributed by atoms with E-state index in [2.05, 4.69) is 5.32 Å². The van der Waals surface area contributed by atoms with E-state index >= 15 is 0 Å². The highest BCUT2D eigenvalue weighted by molar-refractivity contribution is 5.93. The second-order valence-corrected chi connectivity index (χ2v) is 2.51. The summed E-state index contributed by atoms with van der Waals surface area (Å²) in [6.07, 6.45) is 3.46. The lowest BCUT2D eigenvalue weighted by atomic mass is 10.2. The molecule has 1 aliphatic rings. The first-order valence-corrected chi connectivity index (χ1v) is 3.40. The summed E-state index contributed by atoms with van der Waals surface area (Å²) in [6.45, 7) is 0. The monoisotopic (exact) mass is 140 g/mol. The Balaban J connectivity index is 2.51. The van der Waals surface area contributed by atoms with E-state index in [1.165, 1.54) is 0 Å². The fraction of sp³-hybridized carbons (Fsp3) is 0.571. The van der Waals surface area contributed by atoms with Crippen LogP contribution in [0.25, 0.3) is 0 Å². The lowest BCUT2D eigenvalue weighted by Crippen LogP contribution is -2.22. The smallest absolute Gasteiger partial charge is 0.246 e. The highest BCUT2D eigenvalue weighted by Crippen LogP contribution is 2.16. The van der Waals surface area contributed by atoms with Crippen molar-refractivity contribution in [3.63, 3.8) is 0 Å². The molecule has 0 bridgehead atoms. The van der Waals surface area contributed by atoms with Crippen molar-refractivity contribution in [3.8, 4) is 0 Å². The number of carbonyl (C=O) groups is 1. The van der Waals surface area contributed by atoms with Crippen molar-refractivity contribution < 1.29 is 4.79 Å². The molecule has 1 aliphatic carbocycles. The first-order chi connectivity index (χ1) is 4.74. The van der Waals surface area contributed by atoms with Gasteiger partial charge < -0.3 is 11.1 Å². The third kappa shape index (κ3) is 1.36. The number of nitrogens with two attached hydrogens (primary N) is 1. The van der Waals surface area contributed by atoms with E-state index in [-0.39, 0.29) is 11.9 Å². The largest absolute Gasteiger partial charge is 0.355 e. The van der Waals surface area contributed by atoms with Crippen molar-refractivity contribution in [1.29, 1.82) is 0 Å². The third-order valence-corrected chi connectivity index (χ3v) is 1.67. The van der Waals surface area contributed by atoms with Gasteiger partial charge in [0.25, 0.3) is 0 Å². The summed E-state index contributed by atoms with van der Waals surface area (Å²) in [6, 6.07) is 0.160. The van der Waals surface area contributed by atoms with Crippen LogP contribution in [0.1, 0.15) is 12.8 Å². The van der Waals surface area contributed by atoms with E-state index < -0.39 is 0 Å². The first-order valence-electron chi connectivity index (χ1n) is 3.40. The summed E-state index contributed by atoms with van der Waals surface area (Å²) >= 11 is 0. The van der Waals surface area contributed by atoms with Gasteiger partial charge in [0.15, 0.2) is 0 Å². The Morgan fingerprint density at radius 3 is 3.00 bits per heavy atom. The lowest BCUT2D eigenvalue weighted by Gasteiger charge is -2.01. The fourth-order valence-electron chi connectivity index (χ4n) is 1.09. The van der Waals surface area contributed by atoms with Crippen molar-refractivity contribution in [1.82, 2.24) is 5.32 Å². The zero-order valence-corrected chi connectivity index (χ0v) is 6.05. The molecule has 3 heteroatoms. The average molecular weight is 140 g/mol. The molecule has 56 valence electrons. The topological polar surface area (TPSA) is 55.1 Å². The van der Waals surface area contributed by atoms with Gasteiger partial charge in [-0.25, -0.2) is 0 Å². The molecule has 0 aromatic rings. The Hall–Kier alpha value is -0.830. The maximum atomic E-state index is 10.9. The van der Waals surface area contributed by atoms with Crippen LogP contribution in [-0.4, -0.2) is 19.0 Å². The van der Waals surface area contributed by atoms with Crippen molar-refractivity contribution in [2.75, 3.05) is 7.05 Å². The van der Waals surface area contributed by atoms with Crippen LogP contribution in [0.2, 0.25) is 0 Å². The van der Waals surface area contributed by atoms with Crippen LogP contribution >= 0.6 is 0 Å². The molecule has 0 aliphatic heterocycles. The van der Waals surface area contributed by atoms with Crippen LogP contribution in [0.15, 0.2) is 11.6 Å². The van der Waals surface area contributed by atoms with Gasteiger partial charge in [0.2, 0.25) is 5.91 Å². The number of likely N-dealkylation sites (N-methyl/N-ethyl adjacent to an activating group) is 1. The van der Waals surface area contributed by atoms with Gasteiger partial charge in [-0.05, 0) is 12.8 Å². The molecule has 0 aromatic heterocycles. The molecule has 1 amide bonds. The van der Waals surface area contributed by atoms with Gasteiger partial charge in [-0.2, -0.15) is 0 Å². The second kappa shape index (κ2) is 2.84. The number of hydrogen-bond donors (Lipinski definition) is 2. The fourth-order valence-corrected chi connectivity index (χ4v) is 1.09. The highest BCUT2D eigenvalue weighted by atomic mass is 16.1. The quantitative estimate of drug-likeness (QED) is 0.529. The van der Waals surface area contributed by atoms with Crippen molar-refractivity contribution >= 4 is 5.91 Å². The molecule has 0 radical (unpaired) electrons. The summed E-state index contributed by atoms with van der Waals surface area (Å²) in [5.41, 5.74) is 6.41. The highest BCUT2D eigenvalue weighted by Gasteiger charge is 2.17. The normalized spacial score (nSPS) is 24.2. The van der Waals surface area contributed by atoms with E-state index in [1.807, 2.05) is 6.08 Å². The maximum absolute atomic E-state index is 10.9. The molecule has 0 unspecified atom stereocenters. The SMILES string of the molecule is CNC(=O)C1=CC[C@@H](N)C1. The average Bonchev–Trinajstić information content (AvgIpc) is 2.34. The van der Waals surface area contributed by atoms with Gasteiger partial charge in [-0.15, -0.1) is 0 Å². The summed E-state index contributed by atoms with van der Waals surface area (Å²) < 4.78 is 0. The molecule has 0 aromatic carbocycles. The molecule has 10 heavy (non-hydrogen) atoms. The molecule has 0 saturated carbocycles. The van der Waals surface area contributed by atoms with Crippen molar-refractivity contribution in [3.05, 3.63) is 11.6 Å². The van der Waals surface area contributed by atoms with E-state index in [4.69, 9.17) is 5.73 Å². The molecule has 0 heterocycles. The molecular weight excluding hydrogens is 128 g/mol. The van der Waals surface area contributed by atoms with Crippen molar-refractivity contribution in [2.45, 2.75) is 18.9 Å².